The van der Waals surface area contributed by atoms with Crippen LogP contribution in [0.5, 0.6) is 0 Å². The van der Waals surface area contributed by atoms with Gasteiger partial charge in [0.1, 0.15) is 5.82 Å². The van der Waals surface area contributed by atoms with Crippen molar-refractivity contribution in [2.75, 3.05) is 39.8 Å². The molecule has 9 heteroatoms. The first-order valence-electron chi connectivity index (χ1n) is 18.6. The Morgan fingerprint density at radius 1 is 1.11 bits per heavy atom. The molecule has 1 amide bonds. The van der Waals surface area contributed by atoms with Gasteiger partial charge in [-0.15, -0.1) is 0 Å². The van der Waals surface area contributed by atoms with Crippen LogP contribution in [0.1, 0.15) is 94.6 Å². The minimum atomic E-state index is -0.202. The third kappa shape index (κ3) is 6.41. The highest BCUT2D eigenvalue weighted by atomic mass is 19.1. The first kappa shape index (κ1) is 33.2. The molecular weight excluding hydrogens is 591 g/mol. The molecule has 1 aromatic rings. The Morgan fingerprint density at radius 3 is 2.72 bits per heavy atom. The van der Waals surface area contributed by atoms with Crippen molar-refractivity contribution in [3.05, 3.63) is 47.8 Å². The highest BCUT2D eigenvalue weighted by Gasteiger charge is 2.55. The van der Waals surface area contributed by atoms with Crippen molar-refractivity contribution in [1.29, 1.82) is 5.26 Å². The lowest BCUT2D eigenvalue weighted by atomic mass is 9.58. The SMILES string of the molecule is C=CC(=O)N1CCN(C2C3CC[C@@]4(CCCc5c(F)cccc54)CC3NC(OC[C@H]3CCCN3C)N2C2CCCCC2)C[C@H]1CC#N. The first-order valence-corrected chi connectivity index (χ1v) is 18.6. The maximum absolute atomic E-state index is 15.1. The summed E-state index contributed by atoms with van der Waals surface area (Å²) in [7, 11) is 2.22. The standard InChI is InChI=1S/C38H55FN6O2/c1-3-35(46)44-23-22-43(25-28(44)17-20-40)36-31-16-19-38(18-8-13-30-32(38)14-7-15-33(30)39)24-34(31)41-37(45(36)27-10-5-4-6-11-27)47-26-29-12-9-21-42(29)2/h3,7,14-15,27-29,31,34,36-37,41H,1,4-6,8-13,16-19,21-26H2,2H3/t28-,29-,31?,34?,36?,37?,38+/m1/s1. The predicted molar refractivity (Wildman–Crippen MR) is 181 cm³/mol. The lowest BCUT2D eigenvalue weighted by molar-refractivity contribution is -0.217. The number of nitriles is 1. The molecule has 1 aromatic carbocycles. The molecule has 6 aliphatic rings. The zero-order valence-electron chi connectivity index (χ0n) is 28.4. The molecule has 3 saturated heterocycles. The molecular formula is C38H55FN6O2. The second kappa shape index (κ2) is 14.2. The van der Waals surface area contributed by atoms with Crippen molar-refractivity contribution in [3.8, 4) is 6.07 Å². The van der Waals surface area contributed by atoms with E-state index in [2.05, 4.69) is 45.8 Å². The average Bonchev–Trinajstić information content (AvgIpc) is 3.51. The van der Waals surface area contributed by atoms with Gasteiger partial charge in [-0.3, -0.25) is 15.0 Å². The van der Waals surface area contributed by atoms with Crippen molar-refractivity contribution >= 4 is 5.91 Å². The summed E-state index contributed by atoms with van der Waals surface area (Å²) in [6.45, 7) is 7.64. The molecule has 3 aliphatic heterocycles. The van der Waals surface area contributed by atoms with E-state index >= 15 is 4.39 Å². The zero-order valence-corrected chi connectivity index (χ0v) is 28.4. The summed E-state index contributed by atoms with van der Waals surface area (Å²) in [6.07, 6.45) is 16.3. The highest BCUT2D eigenvalue weighted by Crippen LogP contribution is 2.52. The number of halogens is 1. The van der Waals surface area contributed by atoms with Crippen molar-refractivity contribution in [2.45, 2.75) is 132 Å². The van der Waals surface area contributed by atoms with E-state index in [0.717, 1.165) is 57.2 Å². The number of rotatable bonds is 7. The van der Waals surface area contributed by atoms with Crippen LogP contribution in [0.3, 0.4) is 0 Å². The van der Waals surface area contributed by atoms with Gasteiger partial charge in [-0.05, 0) is 106 Å². The van der Waals surface area contributed by atoms with Crippen LogP contribution < -0.4 is 5.32 Å². The molecule has 2 saturated carbocycles. The van der Waals surface area contributed by atoms with Gasteiger partial charge in [0.2, 0.25) is 5.91 Å². The van der Waals surface area contributed by atoms with Crippen LogP contribution in [0.25, 0.3) is 0 Å². The number of hydrogen-bond donors (Lipinski definition) is 1. The number of nitrogens with zero attached hydrogens (tertiary/aromatic N) is 5. The number of hydrogen-bond acceptors (Lipinski definition) is 7. The molecule has 0 radical (unpaired) electrons. The van der Waals surface area contributed by atoms with Gasteiger partial charge < -0.3 is 14.5 Å². The Hall–Kier alpha value is -2.35. The Balaban J connectivity index is 1.24. The summed E-state index contributed by atoms with van der Waals surface area (Å²) in [4.78, 5) is 22.5. The van der Waals surface area contributed by atoms with E-state index < -0.39 is 0 Å². The summed E-state index contributed by atoms with van der Waals surface area (Å²) in [5, 5.41) is 13.9. The molecule has 7 rings (SSSR count). The number of benzene rings is 1. The molecule has 4 unspecified atom stereocenters. The van der Waals surface area contributed by atoms with Gasteiger partial charge in [-0.2, -0.15) is 5.26 Å². The third-order valence-corrected chi connectivity index (χ3v) is 13.0. The van der Waals surface area contributed by atoms with E-state index in [1.807, 2.05) is 11.0 Å². The van der Waals surface area contributed by atoms with Gasteiger partial charge in [0.15, 0.2) is 6.35 Å². The van der Waals surface area contributed by atoms with Crippen molar-refractivity contribution in [3.63, 3.8) is 0 Å². The summed E-state index contributed by atoms with van der Waals surface area (Å²) < 4.78 is 22.2. The van der Waals surface area contributed by atoms with E-state index in [-0.39, 0.29) is 41.7 Å². The molecule has 3 heterocycles. The molecule has 8 nitrogen and oxygen atoms in total. The number of nitrogens with one attached hydrogen (secondary N) is 1. The second-order valence-electron chi connectivity index (χ2n) is 15.4. The van der Waals surface area contributed by atoms with Crippen molar-refractivity contribution in [1.82, 2.24) is 24.9 Å². The second-order valence-corrected chi connectivity index (χ2v) is 15.4. The third-order valence-electron chi connectivity index (χ3n) is 13.0. The van der Waals surface area contributed by atoms with Crippen molar-refractivity contribution < 1.29 is 13.9 Å². The number of likely N-dealkylation sites (N-methyl/N-ethyl adjacent to an activating group) is 1. The van der Waals surface area contributed by atoms with Crippen LogP contribution in [0.15, 0.2) is 30.9 Å². The smallest absolute Gasteiger partial charge is 0.246 e. The number of amides is 1. The Bertz CT molecular complexity index is 1330. The number of carbonyl (C=O) groups is 1. The molecule has 5 fully saturated rings. The highest BCUT2D eigenvalue weighted by molar-refractivity contribution is 5.87. The maximum Gasteiger partial charge on any atom is 0.246 e. The topological polar surface area (TPSA) is 75.1 Å². The minimum Gasteiger partial charge on any atom is -0.348 e. The molecule has 47 heavy (non-hydrogen) atoms. The van der Waals surface area contributed by atoms with E-state index in [0.29, 0.717) is 44.1 Å². The van der Waals surface area contributed by atoms with Crippen LogP contribution in [0, 0.1) is 23.1 Å². The van der Waals surface area contributed by atoms with Crippen LogP contribution >= 0.6 is 0 Å². The molecule has 3 aliphatic carbocycles. The van der Waals surface area contributed by atoms with Gasteiger partial charge in [-0.1, -0.05) is 38.0 Å². The normalized spacial score (nSPS) is 35.7. The van der Waals surface area contributed by atoms with Gasteiger partial charge in [0, 0.05) is 43.7 Å². The summed E-state index contributed by atoms with van der Waals surface area (Å²) >= 11 is 0. The molecule has 0 bridgehead atoms. The van der Waals surface area contributed by atoms with Crippen LogP contribution in [-0.2, 0) is 21.4 Å². The number of fused-ring (bicyclic) bond motifs is 3. The number of piperazine rings is 1. The zero-order chi connectivity index (χ0) is 32.5. The molecule has 1 N–H and O–H groups in total. The van der Waals surface area contributed by atoms with Crippen molar-refractivity contribution in [2.24, 2.45) is 5.92 Å². The monoisotopic (exact) mass is 646 g/mol. The summed E-state index contributed by atoms with van der Waals surface area (Å²) in [6, 6.07) is 9.07. The van der Waals surface area contributed by atoms with Gasteiger partial charge in [0.25, 0.3) is 0 Å². The molecule has 7 atom stereocenters. The molecule has 256 valence electrons. The fraction of sp³-hybridized carbons (Fsp3) is 0.737. The van der Waals surface area contributed by atoms with Gasteiger partial charge >= 0.3 is 0 Å². The van der Waals surface area contributed by atoms with Crippen LogP contribution in [0.2, 0.25) is 0 Å². The van der Waals surface area contributed by atoms with E-state index in [4.69, 9.17) is 4.74 Å². The lowest BCUT2D eigenvalue weighted by Gasteiger charge is -2.61. The Kier molecular flexibility index (Phi) is 10.1. The van der Waals surface area contributed by atoms with E-state index in [9.17, 15) is 10.1 Å². The number of carbonyl (C=O) groups excluding carboxylic acids is 1. The fourth-order valence-electron chi connectivity index (χ4n) is 10.6. The first-order chi connectivity index (χ1) is 22.9. The van der Waals surface area contributed by atoms with Gasteiger partial charge in [0.05, 0.1) is 31.3 Å². The summed E-state index contributed by atoms with van der Waals surface area (Å²) in [5.41, 5.74) is 2.16. The number of ether oxygens (including phenoxy) is 1. The largest absolute Gasteiger partial charge is 0.348 e. The fourth-order valence-corrected chi connectivity index (χ4v) is 10.6. The maximum atomic E-state index is 15.1. The minimum absolute atomic E-state index is 0.0178. The van der Waals surface area contributed by atoms with Crippen LogP contribution in [-0.4, -0.2) is 102 Å². The lowest BCUT2D eigenvalue weighted by Crippen LogP contribution is -2.75. The van der Waals surface area contributed by atoms with E-state index in [1.54, 1.807) is 6.07 Å². The number of likely N-dealkylation sites (tertiary alicyclic amines) is 1. The molecule has 1 spiro atoms. The van der Waals surface area contributed by atoms with E-state index in [1.165, 1.54) is 56.6 Å². The summed E-state index contributed by atoms with van der Waals surface area (Å²) in [5.74, 6) is 0.251. The quantitative estimate of drug-likeness (QED) is 0.412. The van der Waals surface area contributed by atoms with Crippen LogP contribution in [0.4, 0.5) is 4.39 Å². The average molecular weight is 647 g/mol. The predicted octanol–water partition coefficient (Wildman–Crippen LogP) is 5.14. The van der Waals surface area contributed by atoms with Gasteiger partial charge in [-0.25, -0.2) is 9.29 Å². The Morgan fingerprint density at radius 2 is 1.96 bits per heavy atom. The molecule has 0 aromatic heterocycles. The Labute approximate surface area is 281 Å².